The van der Waals surface area contributed by atoms with Gasteiger partial charge in [-0.3, -0.25) is 4.79 Å². The minimum absolute atomic E-state index is 0.124. The molecule has 2 rings (SSSR count). The van der Waals surface area contributed by atoms with Crippen LogP contribution in [0.5, 0.6) is 0 Å². The second-order valence-electron chi connectivity index (χ2n) is 9.23. The average Bonchev–Trinajstić information content (AvgIpc) is 2.73. The topological polar surface area (TPSA) is 87.2 Å². The molecule has 32 heavy (non-hydrogen) atoms. The third-order valence-electron chi connectivity index (χ3n) is 5.49. The minimum atomic E-state index is -3.55. The van der Waals surface area contributed by atoms with Crippen LogP contribution in [0.25, 0.3) is 0 Å². The lowest BCUT2D eigenvalue weighted by molar-refractivity contribution is 0.0244. The Morgan fingerprint density at radius 3 is 2.25 bits per heavy atom. The first-order valence-electron chi connectivity index (χ1n) is 11.2. The molecule has 1 aromatic rings. The van der Waals surface area contributed by atoms with E-state index in [2.05, 4.69) is 0 Å². The number of likely N-dealkylation sites (tertiary alicyclic amines) is 1. The van der Waals surface area contributed by atoms with E-state index in [4.69, 9.17) is 4.74 Å². The molecule has 1 fully saturated rings. The molecule has 1 aliphatic rings. The number of ether oxygens (including phenoxy) is 1. The second kappa shape index (κ2) is 10.7. The molecule has 0 bridgehead atoms. The fourth-order valence-corrected chi connectivity index (χ4v) is 5.32. The predicted octanol–water partition coefficient (Wildman–Crippen LogP) is 3.44. The fourth-order valence-electron chi connectivity index (χ4n) is 3.86. The third kappa shape index (κ3) is 6.68. The van der Waals surface area contributed by atoms with Crippen molar-refractivity contribution in [3.8, 4) is 0 Å². The first kappa shape index (κ1) is 26.1. The molecular formula is C23H37N3O5S. The smallest absolute Gasteiger partial charge is 0.410 e. The van der Waals surface area contributed by atoms with E-state index in [1.54, 1.807) is 42.8 Å². The quantitative estimate of drug-likeness (QED) is 0.613. The molecule has 1 atom stereocenters. The highest BCUT2D eigenvalue weighted by molar-refractivity contribution is 7.89. The number of carbonyl (C=O) groups excluding carboxylic acids is 2. The highest BCUT2D eigenvalue weighted by Crippen LogP contribution is 2.22. The SMILES string of the molecule is CCN(CC)S(=O)(=O)c1ccc(C(=O)N2CCCC(CN(C)C(=O)OC(C)(C)C)C2)cc1. The van der Waals surface area contributed by atoms with Crippen molar-refractivity contribution in [2.45, 2.75) is 58.0 Å². The van der Waals surface area contributed by atoms with E-state index >= 15 is 0 Å². The van der Waals surface area contributed by atoms with Crippen molar-refractivity contribution >= 4 is 22.0 Å². The molecule has 1 aliphatic heterocycles. The molecule has 0 aliphatic carbocycles. The molecule has 1 saturated heterocycles. The normalized spacial score (nSPS) is 17.3. The zero-order chi connectivity index (χ0) is 24.1. The molecule has 0 spiro atoms. The van der Waals surface area contributed by atoms with Gasteiger partial charge in [0.2, 0.25) is 10.0 Å². The summed E-state index contributed by atoms with van der Waals surface area (Å²) in [5.41, 5.74) is -0.0881. The number of hydrogen-bond donors (Lipinski definition) is 0. The number of hydrogen-bond acceptors (Lipinski definition) is 5. The average molecular weight is 468 g/mol. The number of carbonyl (C=O) groups is 2. The Labute approximate surface area is 192 Å². The molecule has 1 heterocycles. The van der Waals surface area contributed by atoms with E-state index < -0.39 is 15.6 Å². The Morgan fingerprint density at radius 1 is 1.12 bits per heavy atom. The van der Waals surface area contributed by atoms with Gasteiger partial charge in [-0.15, -0.1) is 0 Å². The minimum Gasteiger partial charge on any atom is -0.444 e. The monoisotopic (exact) mass is 467 g/mol. The number of benzene rings is 1. The van der Waals surface area contributed by atoms with Gasteiger partial charge in [0, 0.05) is 45.3 Å². The van der Waals surface area contributed by atoms with Crippen LogP contribution in [0.2, 0.25) is 0 Å². The summed E-state index contributed by atoms with van der Waals surface area (Å²) in [5.74, 6) is 0.0361. The number of sulfonamides is 1. The van der Waals surface area contributed by atoms with Crippen molar-refractivity contribution in [3.05, 3.63) is 29.8 Å². The van der Waals surface area contributed by atoms with Gasteiger partial charge in [0.1, 0.15) is 5.60 Å². The van der Waals surface area contributed by atoms with Gasteiger partial charge < -0.3 is 14.5 Å². The number of rotatable bonds is 7. The summed E-state index contributed by atoms with van der Waals surface area (Å²) < 4.78 is 32.1. The van der Waals surface area contributed by atoms with Gasteiger partial charge in [0.05, 0.1) is 4.90 Å². The fraction of sp³-hybridized carbons (Fsp3) is 0.652. The summed E-state index contributed by atoms with van der Waals surface area (Å²) in [6.45, 7) is 11.6. The van der Waals surface area contributed by atoms with Crippen molar-refractivity contribution < 1.29 is 22.7 Å². The molecule has 180 valence electrons. The van der Waals surface area contributed by atoms with Crippen LogP contribution in [0.15, 0.2) is 29.2 Å². The molecule has 1 unspecified atom stereocenters. The number of nitrogens with zero attached hydrogens (tertiary/aromatic N) is 3. The highest BCUT2D eigenvalue weighted by atomic mass is 32.2. The zero-order valence-corrected chi connectivity index (χ0v) is 20.9. The predicted molar refractivity (Wildman–Crippen MR) is 124 cm³/mol. The Morgan fingerprint density at radius 2 is 1.72 bits per heavy atom. The van der Waals surface area contributed by atoms with E-state index in [-0.39, 0.29) is 22.8 Å². The largest absolute Gasteiger partial charge is 0.444 e. The van der Waals surface area contributed by atoms with Crippen LogP contribution in [0.1, 0.15) is 57.8 Å². The van der Waals surface area contributed by atoms with E-state index in [0.717, 1.165) is 12.8 Å². The standard InChI is InChI=1S/C23H37N3O5S/c1-7-26(8-2)32(29,30)20-13-11-19(12-14-20)21(27)25-15-9-10-18(17-25)16-24(6)22(28)31-23(3,4)5/h11-14,18H,7-10,15-17H2,1-6H3. The van der Waals surface area contributed by atoms with Crippen molar-refractivity contribution in [3.63, 3.8) is 0 Å². The first-order chi connectivity index (χ1) is 14.9. The van der Waals surface area contributed by atoms with E-state index in [1.165, 1.54) is 16.4 Å². The molecule has 0 saturated carbocycles. The maximum absolute atomic E-state index is 13.0. The van der Waals surface area contributed by atoms with Crippen LogP contribution in [0.3, 0.4) is 0 Å². The highest BCUT2D eigenvalue weighted by Gasteiger charge is 2.28. The van der Waals surface area contributed by atoms with Crippen molar-refractivity contribution in [2.75, 3.05) is 39.8 Å². The van der Waals surface area contributed by atoms with Crippen LogP contribution in [0.4, 0.5) is 4.79 Å². The van der Waals surface area contributed by atoms with Gasteiger partial charge >= 0.3 is 6.09 Å². The van der Waals surface area contributed by atoms with Gasteiger partial charge in [-0.05, 0) is 63.8 Å². The summed E-state index contributed by atoms with van der Waals surface area (Å²) in [6.07, 6.45) is 1.41. The van der Waals surface area contributed by atoms with E-state index in [0.29, 0.717) is 38.3 Å². The molecule has 0 radical (unpaired) electrons. The molecule has 9 heteroatoms. The lowest BCUT2D eigenvalue weighted by Gasteiger charge is -2.35. The molecule has 0 aromatic heterocycles. The molecule has 8 nitrogen and oxygen atoms in total. The van der Waals surface area contributed by atoms with Gasteiger partial charge in [-0.2, -0.15) is 4.31 Å². The summed E-state index contributed by atoms with van der Waals surface area (Å²) in [5, 5.41) is 0. The Kier molecular flexibility index (Phi) is 8.70. The van der Waals surface area contributed by atoms with Crippen molar-refractivity contribution in [2.24, 2.45) is 5.92 Å². The molecule has 0 N–H and O–H groups in total. The maximum Gasteiger partial charge on any atom is 0.410 e. The van der Waals surface area contributed by atoms with Gasteiger partial charge in [-0.25, -0.2) is 13.2 Å². The molecular weight excluding hydrogens is 430 g/mol. The third-order valence-corrected chi connectivity index (χ3v) is 7.55. The summed E-state index contributed by atoms with van der Waals surface area (Å²) in [6, 6.07) is 6.15. The van der Waals surface area contributed by atoms with Crippen LogP contribution in [0, 0.1) is 5.92 Å². The molecule has 2 amide bonds. The summed E-state index contributed by atoms with van der Waals surface area (Å²) in [4.78, 5) is 28.8. The van der Waals surface area contributed by atoms with Crippen LogP contribution in [-0.4, -0.2) is 79.9 Å². The van der Waals surface area contributed by atoms with Crippen molar-refractivity contribution in [1.29, 1.82) is 0 Å². The Hall–Kier alpha value is -2.13. The summed E-state index contributed by atoms with van der Waals surface area (Å²) >= 11 is 0. The zero-order valence-electron chi connectivity index (χ0n) is 20.1. The van der Waals surface area contributed by atoms with Gasteiger partial charge in [-0.1, -0.05) is 13.8 Å². The van der Waals surface area contributed by atoms with Gasteiger partial charge in [0.25, 0.3) is 5.91 Å². The van der Waals surface area contributed by atoms with Crippen molar-refractivity contribution in [1.82, 2.24) is 14.1 Å². The number of piperidine rings is 1. The lowest BCUT2D eigenvalue weighted by Crippen LogP contribution is -2.45. The van der Waals surface area contributed by atoms with Gasteiger partial charge in [0.15, 0.2) is 0 Å². The second-order valence-corrected chi connectivity index (χ2v) is 11.2. The van der Waals surface area contributed by atoms with Crippen LogP contribution >= 0.6 is 0 Å². The van der Waals surface area contributed by atoms with E-state index in [9.17, 15) is 18.0 Å². The number of amides is 2. The summed E-state index contributed by atoms with van der Waals surface area (Å²) in [7, 11) is -1.84. The van der Waals surface area contributed by atoms with Crippen LogP contribution in [-0.2, 0) is 14.8 Å². The molecule has 1 aromatic carbocycles. The lowest BCUT2D eigenvalue weighted by atomic mass is 9.97. The van der Waals surface area contributed by atoms with Crippen LogP contribution < -0.4 is 0 Å². The Bertz CT molecular complexity index is 889. The first-order valence-corrected chi connectivity index (χ1v) is 12.7. The van der Waals surface area contributed by atoms with E-state index in [1.807, 2.05) is 20.8 Å². The Balaban J connectivity index is 2.03. The maximum atomic E-state index is 13.0.